The zero-order valence-corrected chi connectivity index (χ0v) is 32.3. The molecule has 0 amide bonds. The summed E-state index contributed by atoms with van der Waals surface area (Å²) >= 11 is 8.78. The molecular formula is C40H42N10O2S2. The largest absolute Gasteiger partial charge is 0.399 e. The fourth-order valence-electron chi connectivity index (χ4n) is 6.62. The number of rotatable bonds is 5. The van der Waals surface area contributed by atoms with Gasteiger partial charge in [-0.15, -0.1) is 10.2 Å². The van der Waals surface area contributed by atoms with E-state index in [1.807, 2.05) is 94.2 Å². The molecule has 0 radical (unpaired) electrons. The van der Waals surface area contributed by atoms with E-state index in [4.69, 9.17) is 25.2 Å². The normalized spacial score (nSPS) is 19.4. The van der Waals surface area contributed by atoms with Crippen molar-refractivity contribution in [3.63, 3.8) is 0 Å². The van der Waals surface area contributed by atoms with Crippen LogP contribution in [0.25, 0.3) is 33.8 Å². The van der Waals surface area contributed by atoms with E-state index in [0.717, 1.165) is 71.3 Å². The zero-order chi connectivity index (χ0) is 38.2. The molecule has 0 spiro atoms. The van der Waals surface area contributed by atoms with E-state index in [9.17, 15) is 0 Å². The highest BCUT2D eigenvalue weighted by Gasteiger charge is 2.27. The van der Waals surface area contributed by atoms with Crippen molar-refractivity contribution in [3.05, 3.63) is 97.5 Å². The number of fused-ring (bicyclic) bond motifs is 2. The zero-order valence-electron chi connectivity index (χ0n) is 30.7. The van der Waals surface area contributed by atoms with Gasteiger partial charge in [0.1, 0.15) is 11.0 Å². The number of ether oxygens (including phenoxy) is 2. The first-order chi connectivity index (χ1) is 26.1. The van der Waals surface area contributed by atoms with Gasteiger partial charge in [-0.1, -0.05) is 5.73 Å². The third-order valence-electron chi connectivity index (χ3n) is 8.72. The lowest BCUT2D eigenvalue weighted by Crippen LogP contribution is -2.46. The molecule has 0 aliphatic carbocycles. The summed E-state index contributed by atoms with van der Waals surface area (Å²) in [5.74, 6) is 3.25. The van der Waals surface area contributed by atoms with E-state index < -0.39 is 0 Å². The summed E-state index contributed by atoms with van der Waals surface area (Å²) in [7, 11) is 0. The first-order valence-corrected chi connectivity index (χ1v) is 18.4. The van der Waals surface area contributed by atoms with Crippen molar-refractivity contribution in [1.29, 1.82) is 0 Å². The summed E-state index contributed by atoms with van der Waals surface area (Å²) in [5.41, 5.74) is 13.4. The first-order valence-electron chi connectivity index (χ1n) is 17.6. The molecule has 4 atom stereocenters. The molecule has 14 heteroatoms. The number of isothiocyanates is 1. The molecule has 0 bridgehead atoms. The van der Waals surface area contributed by atoms with Crippen molar-refractivity contribution in [3.8, 4) is 22.8 Å². The smallest absolute Gasteiger partial charge is 0.182 e. The van der Waals surface area contributed by atoms with Crippen LogP contribution in [0.2, 0.25) is 0 Å². The van der Waals surface area contributed by atoms with Gasteiger partial charge in [0.15, 0.2) is 23.3 Å². The molecule has 0 unspecified atom stereocenters. The lowest BCUT2D eigenvalue weighted by Gasteiger charge is -2.36. The van der Waals surface area contributed by atoms with Crippen LogP contribution in [0.15, 0.2) is 102 Å². The third kappa shape index (κ3) is 9.14. The summed E-state index contributed by atoms with van der Waals surface area (Å²) < 4.78 is 15.5. The van der Waals surface area contributed by atoms with E-state index in [2.05, 4.69) is 99.6 Å². The van der Waals surface area contributed by atoms with Gasteiger partial charge in [-0.05, 0) is 132 Å². The Morgan fingerprint density at radius 1 is 0.685 bits per heavy atom. The second-order valence-corrected chi connectivity index (χ2v) is 13.6. The quantitative estimate of drug-likeness (QED) is 0.0827. The van der Waals surface area contributed by atoms with Crippen LogP contribution in [0.5, 0.6) is 0 Å². The Hall–Kier alpha value is -5.55. The maximum Gasteiger partial charge on any atom is 0.182 e. The number of aliphatic imine (C=N–C) groups is 1. The summed E-state index contributed by atoms with van der Waals surface area (Å²) in [4.78, 5) is 18.3. The molecule has 2 fully saturated rings. The number of hydrogen-bond acceptors (Lipinski definition) is 12. The van der Waals surface area contributed by atoms with Gasteiger partial charge in [-0.2, -0.15) is 4.99 Å². The van der Waals surface area contributed by atoms with Crippen LogP contribution >= 0.6 is 24.4 Å². The highest BCUT2D eigenvalue weighted by molar-refractivity contribution is 7.78. The van der Waals surface area contributed by atoms with Crippen LogP contribution in [-0.4, -0.2) is 90.0 Å². The minimum atomic E-state index is 0.166. The third-order valence-corrected chi connectivity index (χ3v) is 8.96. The van der Waals surface area contributed by atoms with Crippen molar-refractivity contribution in [2.45, 2.75) is 52.1 Å². The van der Waals surface area contributed by atoms with Crippen LogP contribution in [0, 0.1) is 0 Å². The van der Waals surface area contributed by atoms with Gasteiger partial charge in [0.2, 0.25) is 0 Å². The number of hydrogen-bond donors (Lipinski definition) is 1. The maximum atomic E-state index is 5.87. The van der Waals surface area contributed by atoms with Gasteiger partial charge >= 0.3 is 0 Å². The van der Waals surface area contributed by atoms with E-state index >= 15 is 0 Å². The Balaban J connectivity index is 0.000000168. The van der Waals surface area contributed by atoms with E-state index in [-0.39, 0.29) is 24.4 Å². The summed E-state index contributed by atoms with van der Waals surface area (Å²) in [5, 5.41) is 13.8. The number of nitrogens with two attached hydrogens (primary N) is 1. The number of aromatic nitrogens is 6. The summed E-state index contributed by atoms with van der Waals surface area (Å²) in [6, 6.07) is 23.4. The average Bonchev–Trinajstić information content (AvgIpc) is 3.85. The molecule has 2 aliphatic rings. The predicted octanol–water partition coefficient (Wildman–Crippen LogP) is 7.26. The molecule has 2 aliphatic heterocycles. The van der Waals surface area contributed by atoms with Crippen LogP contribution in [0.3, 0.4) is 0 Å². The Labute approximate surface area is 325 Å². The molecule has 2 aromatic carbocycles. The van der Waals surface area contributed by atoms with Crippen molar-refractivity contribution in [2.75, 3.05) is 41.7 Å². The van der Waals surface area contributed by atoms with E-state index in [1.54, 1.807) is 0 Å². The molecular weight excluding hydrogens is 717 g/mol. The van der Waals surface area contributed by atoms with Gasteiger partial charge in [0.25, 0.3) is 0 Å². The van der Waals surface area contributed by atoms with Crippen LogP contribution in [0.1, 0.15) is 27.7 Å². The summed E-state index contributed by atoms with van der Waals surface area (Å²) in [6.45, 7) is 14.8. The number of anilines is 3. The molecule has 276 valence electrons. The molecule has 54 heavy (non-hydrogen) atoms. The van der Waals surface area contributed by atoms with E-state index in [1.165, 1.54) is 0 Å². The first kappa shape index (κ1) is 38.2. The highest BCUT2D eigenvalue weighted by atomic mass is 32.1. The summed E-state index contributed by atoms with van der Waals surface area (Å²) in [6.07, 6.45) is 4.59. The van der Waals surface area contributed by atoms with Crippen molar-refractivity contribution < 1.29 is 9.47 Å². The molecule has 2 N–H and O–H groups in total. The fourth-order valence-corrected chi connectivity index (χ4v) is 6.72. The number of nitrogen functional groups attached to an aromatic ring is 1. The van der Waals surface area contributed by atoms with Gasteiger partial charge in [-0.3, -0.25) is 0 Å². The fraction of sp³-hybridized carbons (Fsp3) is 0.300. The maximum absolute atomic E-state index is 5.87. The number of benzene rings is 2. The molecule has 2 saturated heterocycles. The van der Waals surface area contributed by atoms with Crippen molar-refractivity contribution in [2.24, 2.45) is 4.99 Å². The Kier molecular flexibility index (Phi) is 12.4. The Morgan fingerprint density at radius 3 is 1.48 bits per heavy atom. The molecule has 6 aromatic rings. The molecule has 8 rings (SSSR count). The Morgan fingerprint density at radius 2 is 1.09 bits per heavy atom. The van der Waals surface area contributed by atoms with Gasteiger partial charge < -0.3 is 25.0 Å². The number of nitrogens with zero attached hydrogens (tertiary/aromatic N) is 9. The standard InChI is InChI=1S/C19H19N5OS.C18H21N5O.C3H2S/c1-13-10-23(11-14(2)25-13)19-17-4-3-9-24(17)22-18(21-19)15-5-7-16(8-6-15)20-12-26;1-12-10-22(11-13(2)24-12)18-16-4-3-9-23(16)21-17(20-18)14-5-7-15(19)8-6-14;1-2-3-4/h3-9,13-14H,10-11H2,1-2H3;3-9,12-13H,10-11,19H2,1-2H3;1H2/t13-,14+;12-,13+;. The van der Waals surface area contributed by atoms with E-state index in [0.29, 0.717) is 11.6 Å². The molecule has 4 aromatic heterocycles. The number of thiocarbonyl (C=S) groups is 2. The Bertz CT molecular complexity index is 2300. The van der Waals surface area contributed by atoms with Gasteiger partial charge in [-0.25, -0.2) is 19.0 Å². The van der Waals surface area contributed by atoms with Crippen LogP contribution in [0.4, 0.5) is 23.0 Å². The van der Waals surface area contributed by atoms with Crippen molar-refractivity contribution in [1.82, 2.24) is 29.2 Å². The lowest BCUT2D eigenvalue weighted by molar-refractivity contribution is -0.00565. The molecule has 6 heterocycles. The monoisotopic (exact) mass is 758 g/mol. The second-order valence-electron chi connectivity index (χ2n) is 13.2. The lowest BCUT2D eigenvalue weighted by atomic mass is 10.2. The predicted molar refractivity (Wildman–Crippen MR) is 222 cm³/mol. The van der Waals surface area contributed by atoms with Crippen molar-refractivity contribution >= 4 is 68.7 Å². The van der Waals surface area contributed by atoms with Gasteiger partial charge in [0.05, 0.1) is 35.3 Å². The topological polar surface area (TPSA) is 124 Å². The number of morpholine rings is 2. The second kappa shape index (κ2) is 17.5. The minimum absolute atomic E-state index is 0.166. The van der Waals surface area contributed by atoms with Crippen LogP contribution < -0.4 is 15.5 Å². The molecule has 12 nitrogen and oxygen atoms in total. The SMILES string of the molecule is C=C=C=S.C[C@@H]1CN(c2nc(-c3ccc(N)cc3)nn3cccc23)C[C@H](C)O1.C[C@@H]1CN(c2nc(-c3ccc(N=C=S)cc3)nn3cccc23)C[C@H](C)O1. The highest BCUT2D eigenvalue weighted by Crippen LogP contribution is 2.29. The molecule has 0 saturated carbocycles. The minimum Gasteiger partial charge on any atom is -0.399 e. The average molecular weight is 759 g/mol. The van der Waals surface area contributed by atoms with Crippen LogP contribution in [-0.2, 0) is 9.47 Å². The van der Waals surface area contributed by atoms with Gasteiger partial charge in [0, 0.05) is 60.4 Å².